The van der Waals surface area contributed by atoms with Crippen molar-refractivity contribution in [3.63, 3.8) is 0 Å². The van der Waals surface area contributed by atoms with E-state index < -0.39 is 5.97 Å². The molecule has 0 aromatic heterocycles. The van der Waals surface area contributed by atoms with Crippen molar-refractivity contribution in [2.24, 2.45) is 0 Å². The zero-order valence-electron chi connectivity index (χ0n) is 19.9. The van der Waals surface area contributed by atoms with Crippen LogP contribution in [-0.4, -0.2) is 23.7 Å². The summed E-state index contributed by atoms with van der Waals surface area (Å²) in [4.78, 5) is 11.7. The molecule has 1 heterocycles. The van der Waals surface area contributed by atoms with Crippen LogP contribution in [0.1, 0.15) is 57.9 Å². The van der Waals surface area contributed by atoms with E-state index in [1.54, 1.807) is 0 Å². The van der Waals surface area contributed by atoms with Gasteiger partial charge in [0.05, 0.1) is 5.56 Å². The van der Waals surface area contributed by atoms with Crippen LogP contribution < -0.4 is 10.1 Å². The van der Waals surface area contributed by atoms with Crippen molar-refractivity contribution < 1.29 is 14.6 Å². The second kappa shape index (κ2) is 10.5. The Morgan fingerprint density at radius 1 is 1.03 bits per heavy atom. The van der Waals surface area contributed by atoms with E-state index in [0.29, 0.717) is 12.1 Å². The molecule has 0 spiro atoms. The van der Waals surface area contributed by atoms with Crippen molar-refractivity contribution in [2.45, 2.75) is 38.3 Å². The Kier molecular flexibility index (Phi) is 7.44. The summed E-state index contributed by atoms with van der Waals surface area (Å²) in [7, 11) is 0. The van der Waals surface area contributed by atoms with Gasteiger partial charge >= 0.3 is 5.97 Å². The molecule has 3 atom stereocenters. The Hall–Kier alpha value is -3.34. The molecule has 1 aliphatic rings. The first-order valence-corrected chi connectivity index (χ1v) is 11.8. The largest absolute Gasteiger partial charge is 0.489 e. The molecule has 0 bridgehead atoms. The minimum atomic E-state index is -0.887. The smallest absolute Gasteiger partial charge is 0.335 e. The molecule has 4 aromatic carbocycles. The molecule has 5 heteroatoms. The number of carboxylic acids is 1. The second-order valence-corrected chi connectivity index (χ2v) is 9.14. The highest BCUT2D eigenvalue weighted by atomic mass is 35.5. The predicted octanol–water partition coefficient (Wildman–Crippen LogP) is 6.90. The summed E-state index contributed by atoms with van der Waals surface area (Å²) in [5.74, 6) is 0.0750. The lowest BCUT2D eigenvalue weighted by atomic mass is 9.83. The molecule has 5 rings (SSSR count). The SMILES string of the molecule is Cc1ccc([C@@H]2C[C@@H](CN[C@H](C)c3cccc4ccccc34)Oc3ccccc32)cc1C(=O)O.Cl. The average molecular weight is 488 g/mol. The van der Waals surface area contributed by atoms with Crippen molar-refractivity contribution in [1.82, 2.24) is 5.32 Å². The van der Waals surface area contributed by atoms with Gasteiger partial charge in [0.2, 0.25) is 0 Å². The summed E-state index contributed by atoms with van der Waals surface area (Å²) < 4.78 is 6.38. The van der Waals surface area contributed by atoms with Gasteiger partial charge in [0, 0.05) is 24.1 Å². The molecule has 0 fully saturated rings. The van der Waals surface area contributed by atoms with Gasteiger partial charge in [0.25, 0.3) is 0 Å². The highest BCUT2D eigenvalue weighted by molar-refractivity contribution is 5.89. The average Bonchev–Trinajstić information content (AvgIpc) is 2.86. The standard InChI is InChI=1S/C30H29NO3.ClH/c1-19-14-15-22(16-27(19)30(32)33)28-17-23(34-29-13-6-5-11-26(28)29)18-31-20(2)24-12-7-9-21-8-3-4-10-25(21)24;/h3-16,20,23,28,31H,17-18H2,1-2H3,(H,32,33);1H/t20-,23+,28+;/m1./s1. The lowest BCUT2D eigenvalue weighted by Gasteiger charge is -2.33. The molecule has 4 aromatic rings. The molecule has 0 unspecified atom stereocenters. The van der Waals surface area contributed by atoms with Gasteiger partial charge in [-0.1, -0.05) is 72.8 Å². The number of carboxylic acid groups (broad SMARTS) is 1. The Morgan fingerprint density at radius 2 is 1.77 bits per heavy atom. The summed E-state index contributed by atoms with van der Waals surface area (Å²) in [5, 5.41) is 15.8. The van der Waals surface area contributed by atoms with E-state index in [0.717, 1.165) is 28.9 Å². The Bertz CT molecular complexity index is 1350. The molecular formula is C30H30ClNO3. The summed E-state index contributed by atoms with van der Waals surface area (Å²) >= 11 is 0. The first-order valence-electron chi connectivity index (χ1n) is 11.8. The number of rotatable bonds is 6. The molecular weight excluding hydrogens is 458 g/mol. The number of carbonyl (C=O) groups is 1. The summed E-state index contributed by atoms with van der Waals surface area (Å²) in [6.45, 7) is 4.73. The van der Waals surface area contributed by atoms with Crippen molar-refractivity contribution in [2.75, 3.05) is 6.54 Å². The molecule has 180 valence electrons. The van der Waals surface area contributed by atoms with E-state index in [1.807, 2.05) is 37.3 Å². The van der Waals surface area contributed by atoms with Crippen molar-refractivity contribution >= 4 is 29.1 Å². The van der Waals surface area contributed by atoms with Crippen LogP contribution >= 0.6 is 12.4 Å². The fourth-order valence-electron chi connectivity index (χ4n) is 5.07. The van der Waals surface area contributed by atoms with Crippen LogP contribution in [0.4, 0.5) is 0 Å². The van der Waals surface area contributed by atoms with Crippen molar-refractivity contribution in [1.29, 1.82) is 0 Å². The van der Waals surface area contributed by atoms with Gasteiger partial charge in [-0.25, -0.2) is 4.79 Å². The molecule has 2 N–H and O–H groups in total. The number of halogens is 1. The van der Waals surface area contributed by atoms with Gasteiger partial charge in [-0.2, -0.15) is 0 Å². The number of hydrogen-bond acceptors (Lipinski definition) is 3. The Labute approximate surface area is 212 Å². The van der Waals surface area contributed by atoms with Crippen LogP contribution in [0.2, 0.25) is 0 Å². The molecule has 1 aliphatic heterocycles. The maximum Gasteiger partial charge on any atom is 0.335 e. The van der Waals surface area contributed by atoms with E-state index in [1.165, 1.54) is 16.3 Å². The highest BCUT2D eigenvalue weighted by Crippen LogP contribution is 2.40. The van der Waals surface area contributed by atoms with Crippen LogP contribution in [0.25, 0.3) is 10.8 Å². The molecule has 0 radical (unpaired) electrons. The highest BCUT2D eigenvalue weighted by Gasteiger charge is 2.30. The van der Waals surface area contributed by atoms with Crippen LogP contribution in [0.3, 0.4) is 0 Å². The minimum Gasteiger partial charge on any atom is -0.489 e. The number of fused-ring (bicyclic) bond motifs is 2. The van der Waals surface area contributed by atoms with E-state index in [-0.39, 0.29) is 30.5 Å². The lowest BCUT2D eigenvalue weighted by Crippen LogP contribution is -2.37. The Balaban J connectivity index is 0.00000289. The van der Waals surface area contributed by atoms with Gasteiger partial charge in [-0.3, -0.25) is 0 Å². The van der Waals surface area contributed by atoms with Crippen LogP contribution in [-0.2, 0) is 0 Å². The number of hydrogen-bond donors (Lipinski definition) is 2. The zero-order chi connectivity index (χ0) is 23.7. The van der Waals surface area contributed by atoms with E-state index >= 15 is 0 Å². The maximum absolute atomic E-state index is 11.7. The van der Waals surface area contributed by atoms with E-state index in [9.17, 15) is 9.90 Å². The predicted molar refractivity (Wildman–Crippen MR) is 143 cm³/mol. The molecule has 0 amide bonds. The third-order valence-electron chi connectivity index (χ3n) is 6.92. The molecule has 0 aliphatic carbocycles. The molecule has 0 saturated heterocycles. The quantitative estimate of drug-likeness (QED) is 0.310. The molecule has 35 heavy (non-hydrogen) atoms. The van der Waals surface area contributed by atoms with E-state index in [4.69, 9.17) is 4.74 Å². The van der Waals surface area contributed by atoms with Gasteiger partial charge in [0.1, 0.15) is 11.9 Å². The number of aryl methyl sites for hydroxylation is 1. The van der Waals surface area contributed by atoms with E-state index in [2.05, 4.69) is 66.8 Å². The number of benzene rings is 4. The third kappa shape index (κ3) is 5.04. The minimum absolute atomic E-state index is 0. The van der Waals surface area contributed by atoms with Gasteiger partial charge in [0.15, 0.2) is 0 Å². The monoisotopic (exact) mass is 487 g/mol. The van der Waals surface area contributed by atoms with Gasteiger partial charge in [-0.05, 0) is 59.9 Å². The molecule has 4 nitrogen and oxygen atoms in total. The summed E-state index contributed by atoms with van der Waals surface area (Å²) in [6, 6.07) is 29.0. The fourth-order valence-corrected chi connectivity index (χ4v) is 5.07. The normalized spacial score (nSPS) is 17.7. The van der Waals surface area contributed by atoms with Crippen molar-refractivity contribution in [3.05, 3.63) is 113 Å². The number of ether oxygens (including phenoxy) is 1. The summed E-state index contributed by atoms with van der Waals surface area (Å²) in [5.41, 5.74) is 4.54. The topological polar surface area (TPSA) is 58.6 Å². The number of nitrogens with one attached hydrogen (secondary N) is 1. The maximum atomic E-state index is 11.7. The fraction of sp³-hybridized carbons (Fsp3) is 0.233. The van der Waals surface area contributed by atoms with Crippen molar-refractivity contribution in [3.8, 4) is 5.75 Å². The third-order valence-corrected chi connectivity index (χ3v) is 6.92. The second-order valence-electron chi connectivity index (χ2n) is 9.14. The number of aromatic carboxylic acids is 1. The first kappa shape index (κ1) is 24.8. The van der Waals surface area contributed by atoms with Crippen LogP contribution in [0.15, 0.2) is 84.9 Å². The van der Waals surface area contributed by atoms with Crippen LogP contribution in [0.5, 0.6) is 5.75 Å². The number of para-hydroxylation sites is 1. The van der Waals surface area contributed by atoms with Gasteiger partial charge < -0.3 is 15.2 Å². The first-order chi connectivity index (χ1) is 16.5. The summed E-state index contributed by atoms with van der Waals surface area (Å²) in [6.07, 6.45) is 0.765. The Morgan fingerprint density at radius 3 is 2.60 bits per heavy atom. The van der Waals surface area contributed by atoms with Crippen LogP contribution in [0, 0.1) is 6.92 Å². The van der Waals surface area contributed by atoms with Gasteiger partial charge in [-0.15, -0.1) is 12.4 Å². The lowest BCUT2D eigenvalue weighted by molar-refractivity contribution is 0.0696. The zero-order valence-corrected chi connectivity index (χ0v) is 20.7. The molecule has 0 saturated carbocycles.